The van der Waals surface area contributed by atoms with Gasteiger partial charge in [0.2, 0.25) is 0 Å². The molecule has 3 rings (SSSR count). The van der Waals surface area contributed by atoms with Crippen LogP contribution in [-0.4, -0.2) is 80.0 Å². The van der Waals surface area contributed by atoms with Crippen LogP contribution in [0.3, 0.4) is 0 Å². The molecule has 1 aliphatic heterocycles. The van der Waals surface area contributed by atoms with Crippen LogP contribution < -0.4 is 5.73 Å². The van der Waals surface area contributed by atoms with E-state index < -0.39 is 54.6 Å². The number of hydrogen-bond acceptors (Lipinski definition) is 14. The molecule has 3 heterocycles. The summed E-state index contributed by atoms with van der Waals surface area (Å²) in [6, 6.07) is 0. The monoisotopic (exact) mass is 623 g/mol. The third-order valence-electron chi connectivity index (χ3n) is 5.09. The Morgan fingerprint density at radius 3 is 2.42 bits per heavy atom. The molecule has 3 unspecified atom stereocenters. The van der Waals surface area contributed by atoms with Crippen LogP contribution in [0, 0.1) is 0 Å². The fourth-order valence-corrected chi connectivity index (χ4v) is 7.30. The summed E-state index contributed by atoms with van der Waals surface area (Å²) in [5.41, 5.74) is 6.41. The van der Waals surface area contributed by atoms with Gasteiger partial charge in [-0.3, -0.25) is 9.09 Å². The van der Waals surface area contributed by atoms with Crippen LogP contribution in [0.25, 0.3) is 11.2 Å². The number of hydrogen-bond donors (Lipinski definition) is 7. The Hall–Kier alpha value is -1.01. The van der Waals surface area contributed by atoms with E-state index in [1.54, 1.807) is 0 Å². The molecule has 0 saturated carbocycles. The molecule has 0 bridgehead atoms. The second kappa shape index (κ2) is 12.7. The van der Waals surface area contributed by atoms with Gasteiger partial charge in [0.25, 0.3) is 0 Å². The van der Waals surface area contributed by atoms with Crippen molar-refractivity contribution in [3.05, 3.63) is 6.33 Å². The number of imidazole rings is 1. The molecular weight excluding hydrogens is 595 g/mol. The minimum absolute atomic E-state index is 0.0852. The van der Waals surface area contributed by atoms with E-state index in [4.69, 9.17) is 20.3 Å². The van der Waals surface area contributed by atoms with Crippen LogP contribution in [0.1, 0.15) is 38.8 Å². The largest absolute Gasteiger partial charge is 0.490 e. The first-order valence-electron chi connectivity index (χ1n) is 11.1. The number of thioether (sulfide) groups is 1. The summed E-state index contributed by atoms with van der Waals surface area (Å²) in [6.07, 6.45) is -0.607. The highest BCUT2D eigenvalue weighted by molar-refractivity contribution is 7.99. The van der Waals surface area contributed by atoms with Gasteiger partial charge in [0.15, 0.2) is 22.8 Å². The van der Waals surface area contributed by atoms with E-state index in [0.717, 1.165) is 31.4 Å². The van der Waals surface area contributed by atoms with Gasteiger partial charge in [-0.25, -0.2) is 28.6 Å². The maximum absolute atomic E-state index is 12.0. The van der Waals surface area contributed by atoms with Crippen LogP contribution in [0.5, 0.6) is 0 Å². The summed E-state index contributed by atoms with van der Waals surface area (Å²) in [5.74, 6) is 0.838. The summed E-state index contributed by atoms with van der Waals surface area (Å²) < 4.78 is 52.7. The Labute approximate surface area is 220 Å². The molecule has 0 spiro atoms. The zero-order valence-electron chi connectivity index (χ0n) is 19.8. The average molecular weight is 623 g/mol. The molecule has 6 atom stereocenters. The number of ether oxygens (including phenoxy) is 1. The van der Waals surface area contributed by atoms with Gasteiger partial charge in [-0.05, 0) is 6.42 Å². The van der Waals surface area contributed by atoms with E-state index in [9.17, 15) is 33.7 Å². The number of anilines is 1. The number of rotatable bonds is 14. The fraction of sp³-hybridized carbons (Fsp3) is 0.688. The molecule has 22 heteroatoms. The maximum atomic E-state index is 12.0. The van der Waals surface area contributed by atoms with Crippen molar-refractivity contribution >= 4 is 52.2 Å². The molecule has 8 N–H and O–H groups in total. The molecule has 0 amide bonds. The van der Waals surface area contributed by atoms with Crippen molar-refractivity contribution in [1.29, 1.82) is 0 Å². The lowest BCUT2D eigenvalue weighted by atomic mass is 10.1. The standard InChI is InChI=1S/C16H28N5O13P3S/c1-2-3-4-5-6-38-16-19-13(17)10-14(20-16)21(8-18-10)15-12(23)11(22)9(32-15)7-31-36(27,28)34-37(29,30)33-35(24,25)26/h8-9,11-12,15,22-23H,2-7H2,1H3,(H,27,28)(H,29,30)(H2,17,19,20)(H2,24,25,26)/t9?,11-,12-,15-/m1/s1. The molecule has 2 aromatic heterocycles. The van der Waals surface area contributed by atoms with Gasteiger partial charge in [0.1, 0.15) is 23.8 Å². The van der Waals surface area contributed by atoms with Gasteiger partial charge >= 0.3 is 23.5 Å². The molecule has 216 valence electrons. The number of fused-ring (bicyclic) bond motifs is 1. The first kappa shape index (κ1) is 31.5. The second-order valence-corrected chi connectivity index (χ2v) is 13.5. The molecule has 0 aromatic carbocycles. The smallest absolute Gasteiger partial charge is 0.387 e. The molecule has 0 aliphatic carbocycles. The highest BCUT2D eigenvalue weighted by Gasteiger charge is 2.47. The normalized spacial score (nSPS) is 25.4. The summed E-state index contributed by atoms with van der Waals surface area (Å²) in [5, 5.41) is 21.3. The van der Waals surface area contributed by atoms with E-state index in [-0.39, 0.29) is 17.0 Å². The zero-order valence-corrected chi connectivity index (χ0v) is 23.3. The average Bonchev–Trinajstić information content (AvgIpc) is 3.31. The van der Waals surface area contributed by atoms with Crippen LogP contribution in [0.15, 0.2) is 11.5 Å². The Morgan fingerprint density at radius 2 is 1.76 bits per heavy atom. The predicted molar refractivity (Wildman–Crippen MR) is 130 cm³/mol. The molecular formula is C16H28N5O13P3S. The molecule has 0 radical (unpaired) electrons. The molecule has 1 saturated heterocycles. The zero-order chi connectivity index (χ0) is 28.3. The number of unbranched alkanes of at least 4 members (excludes halogenated alkanes) is 3. The van der Waals surface area contributed by atoms with Crippen molar-refractivity contribution in [3.8, 4) is 0 Å². The summed E-state index contributed by atoms with van der Waals surface area (Å²) in [7, 11) is -16.7. The first-order chi connectivity index (χ1) is 17.6. The molecule has 2 aromatic rings. The SMILES string of the molecule is CCCCCCSc1nc(N)c2ncn([C@@H]3OC(COP(=O)(O)OP(=O)(O)OP(=O)(O)O)[C@@H](O)[C@H]3O)c2n1. The van der Waals surface area contributed by atoms with Gasteiger partial charge in [-0.1, -0.05) is 37.9 Å². The number of aliphatic hydroxyl groups is 2. The van der Waals surface area contributed by atoms with Crippen molar-refractivity contribution < 1.29 is 61.4 Å². The van der Waals surface area contributed by atoms with E-state index in [0.29, 0.717) is 5.16 Å². The third-order valence-corrected chi connectivity index (χ3v) is 9.82. The molecule has 38 heavy (non-hydrogen) atoms. The van der Waals surface area contributed by atoms with Crippen molar-refractivity contribution in [2.75, 3.05) is 18.1 Å². The maximum Gasteiger partial charge on any atom is 0.490 e. The first-order valence-corrected chi connectivity index (χ1v) is 16.6. The van der Waals surface area contributed by atoms with Crippen molar-refractivity contribution in [3.63, 3.8) is 0 Å². The van der Waals surface area contributed by atoms with Crippen LogP contribution in [0.4, 0.5) is 5.82 Å². The lowest BCUT2D eigenvalue weighted by Crippen LogP contribution is -2.33. The van der Waals surface area contributed by atoms with Gasteiger partial charge in [0.05, 0.1) is 12.9 Å². The number of nitrogens with two attached hydrogens (primary N) is 1. The Morgan fingerprint density at radius 1 is 1.05 bits per heavy atom. The topological polar surface area (TPSA) is 279 Å². The minimum Gasteiger partial charge on any atom is -0.387 e. The van der Waals surface area contributed by atoms with E-state index in [2.05, 4.69) is 35.0 Å². The van der Waals surface area contributed by atoms with Crippen molar-refractivity contribution in [2.45, 2.75) is 62.3 Å². The fourth-order valence-electron chi connectivity index (χ4n) is 3.43. The molecule has 1 aliphatic rings. The molecule has 1 fully saturated rings. The van der Waals surface area contributed by atoms with Crippen LogP contribution in [0.2, 0.25) is 0 Å². The summed E-state index contributed by atoms with van der Waals surface area (Å²) >= 11 is 1.38. The van der Waals surface area contributed by atoms with Gasteiger partial charge in [-0.2, -0.15) is 8.62 Å². The van der Waals surface area contributed by atoms with Gasteiger partial charge in [-0.15, -0.1) is 0 Å². The number of phosphoric acid groups is 3. The van der Waals surface area contributed by atoms with Crippen molar-refractivity contribution in [1.82, 2.24) is 19.5 Å². The lowest BCUT2D eigenvalue weighted by Gasteiger charge is -2.19. The van der Waals surface area contributed by atoms with E-state index >= 15 is 0 Å². The quantitative estimate of drug-likeness (QED) is 0.0669. The van der Waals surface area contributed by atoms with E-state index in [1.807, 2.05) is 0 Å². The van der Waals surface area contributed by atoms with E-state index in [1.165, 1.54) is 22.7 Å². The second-order valence-electron chi connectivity index (χ2n) is 8.06. The van der Waals surface area contributed by atoms with Crippen LogP contribution in [-0.2, 0) is 31.6 Å². The third kappa shape index (κ3) is 8.49. The number of phosphoric ester groups is 1. The number of nitrogen functional groups attached to an aromatic ring is 1. The number of aliphatic hydroxyl groups excluding tert-OH is 2. The Bertz CT molecular complexity index is 1260. The number of aromatic nitrogens is 4. The molecule has 18 nitrogen and oxygen atoms in total. The lowest BCUT2D eigenvalue weighted by molar-refractivity contribution is -0.0503. The van der Waals surface area contributed by atoms with Gasteiger partial charge in [0, 0.05) is 5.75 Å². The summed E-state index contributed by atoms with van der Waals surface area (Å²) in [4.78, 5) is 48.8. The van der Waals surface area contributed by atoms with Crippen LogP contribution >= 0.6 is 35.2 Å². The van der Waals surface area contributed by atoms with Gasteiger partial charge < -0.3 is 40.3 Å². The Kier molecular flexibility index (Phi) is 10.5. The summed E-state index contributed by atoms with van der Waals surface area (Å²) in [6.45, 7) is 1.15. The minimum atomic E-state index is -5.72. The van der Waals surface area contributed by atoms with Crippen molar-refractivity contribution in [2.24, 2.45) is 0 Å². The highest BCUT2D eigenvalue weighted by atomic mass is 32.2. The Balaban J connectivity index is 1.70. The highest BCUT2D eigenvalue weighted by Crippen LogP contribution is 2.66. The predicted octanol–water partition coefficient (Wildman–Crippen LogP) is 1.04. The number of nitrogens with zero attached hydrogens (tertiary/aromatic N) is 4.